The zero-order valence-electron chi connectivity index (χ0n) is 5.16. The second-order valence-electron chi connectivity index (χ2n) is 1.04. The molecule has 2 N–H and O–H groups in total. The number of aliphatic hydroxyl groups is 1. The maximum absolute atomic E-state index is 9.38. The molecular weight excluding hydrogens is 122 g/mol. The highest BCUT2D eigenvalue weighted by Gasteiger charge is 1.87. The number of nitriles is 1. The monoisotopic (exact) mass is 131 g/mol. The summed E-state index contributed by atoms with van der Waals surface area (Å²) in [4.78, 5) is 9.38. The lowest BCUT2D eigenvalue weighted by Gasteiger charge is -1.70. The third-order valence-corrected chi connectivity index (χ3v) is 0.230. The molecule has 4 nitrogen and oxygen atoms in total. The molecular formula is C5H9NO3. The van der Waals surface area contributed by atoms with E-state index in [0.717, 1.165) is 0 Å². The van der Waals surface area contributed by atoms with E-state index in [4.69, 9.17) is 15.5 Å². The van der Waals surface area contributed by atoms with Gasteiger partial charge in [0, 0.05) is 6.61 Å². The Bertz CT molecular complexity index is 105. The van der Waals surface area contributed by atoms with Gasteiger partial charge in [0.05, 0.1) is 6.07 Å². The van der Waals surface area contributed by atoms with Crippen molar-refractivity contribution < 1.29 is 15.0 Å². The summed E-state index contributed by atoms with van der Waals surface area (Å²) in [6.07, 6.45) is -0.403. The van der Waals surface area contributed by atoms with E-state index in [1.807, 2.05) is 0 Å². The lowest BCUT2D eigenvalue weighted by Crippen LogP contribution is -1.88. The maximum Gasteiger partial charge on any atom is 0.317 e. The van der Waals surface area contributed by atoms with Gasteiger partial charge < -0.3 is 10.2 Å². The molecule has 0 aromatic carbocycles. The highest BCUT2D eigenvalue weighted by Crippen LogP contribution is 1.68. The van der Waals surface area contributed by atoms with E-state index >= 15 is 0 Å². The molecule has 0 bridgehead atoms. The number of carboxylic acid groups (broad SMARTS) is 1. The summed E-state index contributed by atoms with van der Waals surface area (Å²) in [5.74, 6) is -1.07. The van der Waals surface area contributed by atoms with Gasteiger partial charge in [-0.25, -0.2) is 0 Å². The molecule has 0 aromatic heterocycles. The number of carbonyl (C=O) groups is 1. The second-order valence-corrected chi connectivity index (χ2v) is 1.04. The van der Waals surface area contributed by atoms with Crippen LogP contribution in [0.2, 0.25) is 0 Å². The molecule has 0 aliphatic heterocycles. The van der Waals surface area contributed by atoms with E-state index < -0.39 is 12.4 Å². The highest BCUT2D eigenvalue weighted by molar-refractivity contribution is 5.69. The molecule has 0 fully saturated rings. The van der Waals surface area contributed by atoms with Gasteiger partial charge in [-0.3, -0.25) is 4.79 Å². The number of rotatable bonds is 1. The number of nitrogens with zero attached hydrogens (tertiary/aromatic N) is 1. The van der Waals surface area contributed by atoms with E-state index in [2.05, 4.69) is 0 Å². The van der Waals surface area contributed by atoms with Crippen molar-refractivity contribution in [2.75, 3.05) is 6.61 Å². The van der Waals surface area contributed by atoms with Crippen LogP contribution in [0.25, 0.3) is 0 Å². The van der Waals surface area contributed by atoms with Crippen molar-refractivity contribution in [1.29, 1.82) is 5.26 Å². The molecule has 0 amide bonds. The van der Waals surface area contributed by atoms with Gasteiger partial charge in [0.2, 0.25) is 0 Å². The Morgan fingerprint density at radius 3 is 2.11 bits per heavy atom. The molecule has 4 heteroatoms. The smallest absolute Gasteiger partial charge is 0.317 e. The quantitative estimate of drug-likeness (QED) is 0.524. The van der Waals surface area contributed by atoms with Crippen LogP contribution < -0.4 is 0 Å². The molecule has 0 aromatic rings. The van der Waals surface area contributed by atoms with Gasteiger partial charge in [-0.1, -0.05) is 0 Å². The van der Waals surface area contributed by atoms with Gasteiger partial charge in [0.25, 0.3) is 0 Å². The van der Waals surface area contributed by atoms with E-state index in [1.165, 1.54) is 6.07 Å². The molecule has 0 aliphatic carbocycles. The summed E-state index contributed by atoms with van der Waals surface area (Å²) in [5.41, 5.74) is 0. The predicted octanol–water partition coefficient (Wildman–Crippen LogP) is -0.0167. The van der Waals surface area contributed by atoms with Gasteiger partial charge in [-0.05, 0) is 6.92 Å². The Morgan fingerprint density at radius 2 is 2.11 bits per heavy atom. The maximum atomic E-state index is 9.38. The first-order valence-corrected chi connectivity index (χ1v) is 2.38. The number of hydrogen-bond donors (Lipinski definition) is 2. The number of aliphatic carboxylic acids is 1. The van der Waals surface area contributed by atoms with Gasteiger partial charge in [0.1, 0.15) is 6.42 Å². The van der Waals surface area contributed by atoms with Crippen LogP contribution in [0.3, 0.4) is 0 Å². The van der Waals surface area contributed by atoms with Crippen molar-refractivity contribution in [2.24, 2.45) is 0 Å². The molecule has 0 saturated carbocycles. The zero-order chi connectivity index (χ0) is 7.70. The van der Waals surface area contributed by atoms with Crippen LogP contribution in [-0.2, 0) is 4.79 Å². The summed E-state index contributed by atoms with van der Waals surface area (Å²) in [7, 11) is 0. The lowest BCUT2D eigenvalue weighted by atomic mass is 10.5. The Labute approximate surface area is 53.3 Å². The standard InChI is InChI=1S/C3H3NO2.C2H6O/c4-2-1-3(5)6;1-2-3/h1H2,(H,5,6);3H,2H2,1H3. The third-order valence-electron chi connectivity index (χ3n) is 0.230. The van der Waals surface area contributed by atoms with Crippen molar-refractivity contribution in [2.45, 2.75) is 13.3 Å². The largest absolute Gasteiger partial charge is 0.480 e. The van der Waals surface area contributed by atoms with Crippen LogP contribution in [0.15, 0.2) is 0 Å². The zero-order valence-corrected chi connectivity index (χ0v) is 5.16. The minimum atomic E-state index is -1.07. The summed E-state index contributed by atoms with van der Waals surface area (Å²) in [5, 5.41) is 22.9. The highest BCUT2D eigenvalue weighted by atomic mass is 16.4. The summed E-state index contributed by atoms with van der Waals surface area (Å²) in [6.45, 7) is 1.93. The van der Waals surface area contributed by atoms with Crippen LogP contribution in [0, 0.1) is 11.3 Å². The molecule has 0 rings (SSSR count). The molecule has 0 saturated heterocycles. The van der Waals surface area contributed by atoms with Crippen molar-refractivity contribution in [1.82, 2.24) is 0 Å². The fraction of sp³-hybridized carbons (Fsp3) is 0.600. The molecule has 0 radical (unpaired) electrons. The average molecular weight is 131 g/mol. The normalized spacial score (nSPS) is 6.33. The van der Waals surface area contributed by atoms with Crippen molar-refractivity contribution in [3.8, 4) is 6.07 Å². The lowest BCUT2D eigenvalue weighted by molar-refractivity contribution is -0.135. The average Bonchev–Trinajstić information content (AvgIpc) is 1.67. The molecule has 0 atom stereocenters. The predicted molar refractivity (Wildman–Crippen MR) is 30.6 cm³/mol. The van der Waals surface area contributed by atoms with Crippen LogP contribution >= 0.6 is 0 Å². The van der Waals surface area contributed by atoms with Crippen molar-refractivity contribution in [3.05, 3.63) is 0 Å². The van der Waals surface area contributed by atoms with Crippen molar-refractivity contribution in [3.63, 3.8) is 0 Å². The molecule has 52 valence electrons. The van der Waals surface area contributed by atoms with E-state index in [9.17, 15) is 4.79 Å². The minimum absolute atomic E-state index is 0.250. The molecule has 9 heavy (non-hydrogen) atoms. The van der Waals surface area contributed by atoms with Crippen LogP contribution in [0.5, 0.6) is 0 Å². The summed E-state index contributed by atoms with van der Waals surface area (Å²) in [6, 6.07) is 1.47. The first kappa shape index (κ1) is 10.8. The molecule has 0 unspecified atom stereocenters. The van der Waals surface area contributed by atoms with Gasteiger partial charge in [-0.2, -0.15) is 5.26 Å². The van der Waals surface area contributed by atoms with E-state index in [0.29, 0.717) is 0 Å². The van der Waals surface area contributed by atoms with Gasteiger partial charge in [-0.15, -0.1) is 0 Å². The number of aliphatic hydroxyl groups excluding tert-OH is 1. The van der Waals surface area contributed by atoms with Gasteiger partial charge >= 0.3 is 5.97 Å². The minimum Gasteiger partial charge on any atom is -0.480 e. The second kappa shape index (κ2) is 10.0. The van der Waals surface area contributed by atoms with E-state index in [-0.39, 0.29) is 6.61 Å². The number of carboxylic acids is 1. The van der Waals surface area contributed by atoms with Crippen molar-refractivity contribution >= 4 is 5.97 Å². The van der Waals surface area contributed by atoms with Crippen LogP contribution in [0.1, 0.15) is 13.3 Å². The Morgan fingerprint density at radius 1 is 1.78 bits per heavy atom. The Hall–Kier alpha value is -1.08. The molecule has 0 spiro atoms. The fourth-order valence-corrected chi connectivity index (χ4v) is 0.0676. The third kappa shape index (κ3) is 45.4. The Balaban J connectivity index is 0. The van der Waals surface area contributed by atoms with E-state index in [1.54, 1.807) is 6.92 Å². The molecule has 0 heterocycles. The first-order chi connectivity index (χ1) is 4.18. The SMILES string of the molecule is CCO.N#CCC(=O)O. The topological polar surface area (TPSA) is 81.3 Å². The summed E-state index contributed by atoms with van der Waals surface area (Å²) >= 11 is 0. The van der Waals surface area contributed by atoms with Gasteiger partial charge in [0.15, 0.2) is 0 Å². The number of hydrogen-bond acceptors (Lipinski definition) is 3. The van der Waals surface area contributed by atoms with Crippen LogP contribution in [0.4, 0.5) is 0 Å². The first-order valence-electron chi connectivity index (χ1n) is 2.38. The molecule has 0 aliphatic rings. The fourth-order valence-electron chi connectivity index (χ4n) is 0.0676. The summed E-state index contributed by atoms with van der Waals surface area (Å²) < 4.78 is 0. The van der Waals surface area contributed by atoms with Crippen LogP contribution in [-0.4, -0.2) is 22.8 Å². The Kier molecular flexibility index (Phi) is 12.0.